The molecule has 0 unspecified atom stereocenters. The lowest BCUT2D eigenvalue weighted by molar-refractivity contribution is 0.911. The van der Waals surface area contributed by atoms with Crippen molar-refractivity contribution in [3.63, 3.8) is 0 Å². The number of hydrogen-bond acceptors (Lipinski definition) is 3. The van der Waals surface area contributed by atoms with Gasteiger partial charge in [0.2, 0.25) is 0 Å². The number of benzene rings is 5. The molecule has 0 saturated carbocycles. The molecule has 0 amide bonds. The Morgan fingerprint density at radius 1 is 0.514 bits per heavy atom. The zero-order valence-corrected chi connectivity index (χ0v) is 20.7. The van der Waals surface area contributed by atoms with Crippen LogP contribution in [0.5, 0.6) is 0 Å². The van der Waals surface area contributed by atoms with E-state index in [-0.39, 0.29) is 0 Å². The molecule has 0 bridgehead atoms. The summed E-state index contributed by atoms with van der Waals surface area (Å²) in [4.78, 5) is 2.38. The van der Waals surface area contributed by atoms with E-state index < -0.39 is 0 Å². The van der Waals surface area contributed by atoms with Gasteiger partial charge in [0.25, 0.3) is 0 Å². The summed E-state index contributed by atoms with van der Waals surface area (Å²) in [6.07, 6.45) is 5.45. The SMILES string of the molecule is C(=NN(c1ccccc1)c1ccccc1)c1ccc(N(c2ccccc2)c2cccc3c2CCC3)cc1. The quantitative estimate of drug-likeness (QED) is 0.171. The van der Waals surface area contributed by atoms with Crippen molar-refractivity contribution in [1.29, 1.82) is 0 Å². The second-order valence-electron chi connectivity index (χ2n) is 9.26. The van der Waals surface area contributed by atoms with Gasteiger partial charge in [-0.2, -0.15) is 5.10 Å². The van der Waals surface area contributed by atoms with E-state index in [1.165, 1.54) is 35.3 Å². The van der Waals surface area contributed by atoms with Crippen LogP contribution in [-0.4, -0.2) is 6.21 Å². The molecule has 0 spiro atoms. The van der Waals surface area contributed by atoms with Gasteiger partial charge in [-0.3, -0.25) is 0 Å². The van der Waals surface area contributed by atoms with Crippen molar-refractivity contribution >= 4 is 34.7 Å². The third-order valence-corrected chi connectivity index (χ3v) is 6.85. The van der Waals surface area contributed by atoms with Crippen LogP contribution in [0, 0.1) is 0 Å². The van der Waals surface area contributed by atoms with Crippen LogP contribution in [0.3, 0.4) is 0 Å². The van der Waals surface area contributed by atoms with E-state index in [0.29, 0.717) is 0 Å². The number of nitrogens with zero attached hydrogens (tertiary/aromatic N) is 3. The van der Waals surface area contributed by atoms with Crippen molar-refractivity contribution in [3.05, 3.63) is 150 Å². The van der Waals surface area contributed by atoms with Gasteiger partial charge in [0.1, 0.15) is 0 Å². The van der Waals surface area contributed by atoms with Crippen LogP contribution in [-0.2, 0) is 12.8 Å². The standard InChI is InChI=1S/C34H29N3/c1-4-14-29(15-5-1)36(34-21-11-13-28-12-10-20-33(28)34)30-24-22-27(23-25-30)26-35-37(31-16-6-2-7-17-31)32-18-8-3-9-19-32/h1-9,11,13-19,21-26H,10,12,20H2. The summed E-state index contributed by atoms with van der Waals surface area (Å²) in [5.41, 5.74) is 9.64. The molecule has 180 valence electrons. The van der Waals surface area contributed by atoms with Crippen LogP contribution < -0.4 is 9.91 Å². The fourth-order valence-corrected chi connectivity index (χ4v) is 5.07. The first-order valence-corrected chi connectivity index (χ1v) is 12.9. The van der Waals surface area contributed by atoms with Crippen LogP contribution in [0.1, 0.15) is 23.1 Å². The van der Waals surface area contributed by atoms with Gasteiger partial charge in [0.05, 0.1) is 17.6 Å². The van der Waals surface area contributed by atoms with E-state index in [2.05, 4.69) is 102 Å². The summed E-state index contributed by atoms with van der Waals surface area (Å²) < 4.78 is 0. The molecule has 6 rings (SSSR count). The smallest absolute Gasteiger partial charge is 0.0652 e. The summed E-state index contributed by atoms with van der Waals surface area (Å²) >= 11 is 0. The Hall–Kier alpha value is -4.63. The third kappa shape index (κ3) is 4.89. The lowest BCUT2D eigenvalue weighted by Crippen LogP contribution is -2.12. The average Bonchev–Trinajstić information content (AvgIpc) is 3.46. The van der Waals surface area contributed by atoms with E-state index >= 15 is 0 Å². The maximum absolute atomic E-state index is 4.87. The predicted octanol–water partition coefficient (Wildman–Crippen LogP) is 8.82. The molecule has 0 fully saturated rings. The van der Waals surface area contributed by atoms with Crippen LogP contribution >= 0.6 is 0 Å². The molecule has 3 heteroatoms. The van der Waals surface area contributed by atoms with Crippen molar-refractivity contribution in [3.8, 4) is 0 Å². The van der Waals surface area contributed by atoms with Crippen LogP contribution in [0.4, 0.5) is 28.4 Å². The van der Waals surface area contributed by atoms with Gasteiger partial charge >= 0.3 is 0 Å². The molecular weight excluding hydrogens is 450 g/mol. The lowest BCUT2D eigenvalue weighted by atomic mass is 10.1. The molecule has 1 aliphatic carbocycles. The molecule has 5 aromatic carbocycles. The molecule has 0 atom stereocenters. The number of hydrogen-bond donors (Lipinski definition) is 0. The van der Waals surface area contributed by atoms with Crippen LogP contribution in [0.2, 0.25) is 0 Å². The van der Waals surface area contributed by atoms with E-state index in [1.807, 2.05) is 47.6 Å². The average molecular weight is 480 g/mol. The number of hydrazone groups is 1. The summed E-state index contributed by atoms with van der Waals surface area (Å²) in [6.45, 7) is 0. The topological polar surface area (TPSA) is 18.8 Å². The van der Waals surface area contributed by atoms with Crippen molar-refractivity contribution in [2.75, 3.05) is 9.91 Å². The molecular formula is C34H29N3. The predicted molar refractivity (Wildman–Crippen MR) is 156 cm³/mol. The van der Waals surface area contributed by atoms with Crippen LogP contribution in [0.25, 0.3) is 0 Å². The zero-order chi connectivity index (χ0) is 24.9. The Balaban J connectivity index is 1.33. The first kappa shape index (κ1) is 22.8. The van der Waals surface area contributed by atoms with Gasteiger partial charge in [0.15, 0.2) is 0 Å². The molecule has 0 saturated heterocycles. The van der Waals surface area contributed by atoms with Crippen molar-refractivity contribution < 1.29 is 0 Å². The minimum Gasteiger partial charge on any atom is -0.310 e. The number of para-hydroxylation sites is 3. The molecule has 0 aromatic heterocycles. The molecule has 0 N–H and O–H groups in total. The fourth-order valence-electron chi connectivity index (χ4n) is 5.07. The highest BCUT2D eigenvalue weighted by atomic mass is 15.5. The Morgan fingerprint density at radius 3 is 1.70 bits per heavy atom. The number of rotatable bonds is 7. The minimum atomic E-state index is 1.02. The maximum Gasteiger partial charge on any atom is 0.0652 e. The normalized spacial score (nSPS) is 12.4. The Morgan fingerprint density at radius 2 is 1.08 bits per heavy atom. The summed E-state index contributed by atoms with van der Waals surface area (Å²) in [6, 6.07) is 46.5. The fraction of sp³-hybridized carbons (Fsp3) is 0.0882. The largest absolute Gasteiger partial charge is 0.310 e. The van der Waals surface area contributed by atoms with Crippen molar-refractivity contribution in [1.82, 2.24) is 0 Å². The maximum atomic E-state index is 4.87. The van der Waals surface area contributed by atoms with Gasteiger partial charge in [-0.05, 0) is 90.6 Å². The second-order valence-corrected chi connectivity index (χ2v) is 9.26. The summed E-state index contributed by atoms with van der Waals surface area (Å²) in [5, 5.41) is 6.84. The highest BCUT2D eigenvalue weighted by Crippen LogP contribution is 2.40. The molecule has 0 aliphatic heterocycles. The molecule has 37 heavy (non-hydrogen) atoms. The van der Waals surface area contributed by atoms with Crippen molar-refractivity contribution in [2.24, 2.45) is 5.10 Å². The minimum absolute atomic E-state index is 1.02. The molecule has 0 radical (unpaired) electrons. The molecule has 1 aliphatic rings. The zero-order valence-electron chi connectivity index (χ0n) is 20.7. The molecule has 3 nitrogen and oxygen atoms in total. The highest BCUT2D eigenvalue weighted by Gasteiger charge is 2.20. The Bertz CT molecular complexity index is 1440. The summed E-state index contributed by atoms with van der Waals surface area (Å²) in [5.74, 6) is 0. The number of fused-ring (bicyclic) bond motifs is 1. The lowest BCUT2D eigenvalue weighted by Gasteiger charge is -2.27. The van der Waals surface area contributed by atoms with Gasteiger partial charge in [-0.1, -0.05) is 78.9 Å². The van der Waals surface area contributed by atoms with Gasteiger partial charge in [-0.15, -0.1) is 0 Å². The van der Waals surface area contributed by atoms with E-state index in [4.69, 9.17) is 5.10 Å². The molecule has 0 heterocycles. The Kier molecular flexibility index (Phi) is 6.50. The van der Waals surface area contributed by atoms with E-state index in [9.17, 15) is 0 Å². The first-order chi connectivity index (χ1) is 18.4. The van der Waals surface area contributed by atoms with E-state index in [0.717, 1.165) is 29.0 Å². The molecule has 5 aromatic rings. The van der Waals surface area contributed by atoms with E-state index in [1.54, 1.807) is 0 Å². The number of anilines is 5. The third-order valence-electron chi connectivity index (χ3n) is 6.85. The number of aryl methyl sites for hydroxylation is 1. The van der Waals surface area contributed by atoms with Gasteiger partial charge in [-0.25, -0.2) is 5.01 Å². The van der Waals surface area contributed by atoms with Gasteiger partial charge < -0.3 is 4.90 Å². The van der Waals surface area contributed by atoms with Crippen LogP contribution in [0.15, 0.2) is 139 Å². The highest BCUT2D eigenvalue weighted by molar-refractivity contribution is 5.85. The monoisotopic (exact) mass is 479 g/mol. The first-order valence-electron chi connectivity index (χ1n) is 12.9. The Labute approximate surface area is 218 Å². The summed E-state index contributed by atoms with van der Waals surface area (Å²) in [7, 11) is 0. The van der Waals surface area contributed by atoms with Crippen molar-refractivity contribution in [2.45, 2.75) is 19.3 Å². The second kappa shape index (κ2) is 10.5. The van der Waals surface area contributed by atoms with Gasteiger partial charge in [0, 0.05) is 17.1 Å².